The predicted octanol–water partition coefficient (Wildman–Crippen LogP) is 2.99. The molecule has 0 radical (unpaired) electrons. The number of benzene rings is 2. The molecule has 0 bridgehead atoms. The summed E-state index contributed by atoms with van der Waals surface area (Å²) in [5.41, 5.74) is 1.30. The molecule has 0 spiro atoms. The summed E-state index contributed by atoms with van der Waals surface area (Å²) in [6.45, 7) is 4.20. The number of amides is 2. The fourth-order valence-corrected chi connectivity index (χ4v) is 2.99. The first-order chi connectivity index (χ1) is 12.5. The maximum Gasteiger partial charge on any atom is 0.268 e. The minimum atomic E-state index is -0.643. The Morgan fingerprint density at radius 3 is 2.73 bits per heavy atom. The Bertz CT molecular complexity index is 824. The molecule has 1 unspecified atom stereocenters. The van der Waals surface area contributed by atoms with Crippen LogP contribution in [0.15, 0.2) is 48.5 Å². The molecule has 5 nitrogen and oxygen atoms in total. The van der Waals surface area contributed by atoms with Crippen molar-refractivity contribution < 1.29 is 18.7 Å². The smallest absolute Gasteiger partial charge is 0.268 e. The first-order valence-electron chi connectivity index (χ1n) is 8.59. The maximum absolute atomic E-state index is 13.4. The van der Waals surface area contributed by atoms with Crippen molar-refractivity contribution in [1.82, 2.24) is 4.90 Å². The number of nitrogens with zero attached hydrogens (tertiary/aromatic N) is 2. The summed E-state index contributed by atoms with van der Waals surface area (Å²) in [6.07, 6.45) is -0.643. The highest BCUT2D eigenvalue weighted by Gasteiger charge is 2.33. The topological polar surface area (TPSA) is 49.9 Å². The van der Waals surface area contributed by atoms with E-state index in [1.54, 1.807) is 42.2 Å². The number of hydrogen-bond donors (Lipinski definition) is 0. The zero-order valence-corrected chi connectivity index (χ0v) is 14.8. The summed E-state index contributed by atoms with van der Waals surface area (Å²) in [7, 11) is 0. The van der Waals surface area contributed by atoms with Gasteiger partial charge in [0, 0.05) is 13.1 Å². The van der Waals surface area contributed by atoms with E-state index in [0.29, 0.717) is 30.1 Å². The molecule has 26 heavy (non-hydrogen) atoms. The van der Waals surface area contributed by atoms with E-state index in [-0.39, 0.29) is 24.2 Å². The van der Waals surface area contributed by atoms with E-state index >= 15 is 0 Å². The number of ether oxygens (including phenoxy) is 1. The first kappa shape index (κ1) is 17.9. The van der Waals surface area contributed by atoms with Gasteiger partial charge in [-0.2, -0.15) is 0 Å². The molecule has 1 heterocycles. The third-order valence-electron chi connectivity index (χ3n) is 4.36. The van der Waals surface area contributed by atoms with E-state index in [0.717, 1.165) is 0 Å². The number of halogens is 1. The van der Waals surface area contributed by atoms with E-state index in [4.69, 9.17) is 4.74 Å². The van der Waals surface area contributed by atoms with E-state index in [1.165, 1.54) is 17.0 Å². The molecule has 0 aliphatic carbocycles. The molecule has 2 aromatic rings. The van der Waals surface area contributed by atoms with Crippen molar-refractivity contribution in [3.05, 3.63) is 59.9 Å². The third-order valence-corrected chi connectivity index (χ3v) is 4.36. The van der Waals surface area contributed by atoms with E-state index in [9.17, 15) is 14.0 Å². The lowest BCUT2D eigenvalue weighted by molar-refractivity contribution is -0.133. The molecule has 1 aliphatic heterocycles. The highest BCUT2D eigenvalue weighted by molar-refractivity contribution is 6.03. The molecule has 6 heteroatoms. The molecule has 2 aromatic carbocycles. The van der Waals surface area contributed by atoms with Gasteiger partial charge in [0.2, 0.25) is 5.91 Å². The Labute approximate surface area is 152 Å². The van der Waals surface area contributed by atoms with Gasteiger partial charge in [-0.05, 0) is 43.7 Å². The highest BCUT2D eigenvalue weighted by Crippen LogP contribution is 2.33. The lowest BCUT2D eigenvalue weighted by atomic mass is 10.1. The molecule has 2 amide bonds. The molecule has 3 rings (SSSR count). The van der Waals surface area contributed by atoms with Crippen LogP contribution in [0.3, 0.4) is 0 Å². The van der Waals surface area contributed by atoms with E-state index < -0.39 is 6.10 Å². The highest BCUT2D eigenvalue weighted by atomic mass is 19.1. The van der Waals surface area contributed by atoms with Gasteiger partial charge in [0.1, 0.15) is 18.1 Å². The average Bonchev–Trinajstić information content (AvgIpc) is 2.63. The van der Waals surface area contributed by atoms with Crippen LogP contribution in [0.1, 0.15) is 19.4 Å². The van der Waals surface area contributed by atoms with Crippen molar-refractivity contribution in [1.29, 1.82) is 0 Å². The summed E-state index contributed by atoms with van der Waals surface area (Å²) < 4.78 is 19.0. The molecular formula is C20H21FN2O3. The number of carbonyl (C=O) groups is 2. The molecule has 0 fully saturated rings. The Balaban J connectivity index is 1.78. The molecular weight excluding hydrogens is 335 g/mol. The van der Waals surface area contributed by atoms with Gasteiger partial charge < -0.3 is 9.64 Å². The second-order valence-electron chi connectivity index (χ2n) is 6.19. The van der Waals surface area contributed by atoms with Crippen LogP contribution in [0.4, 0.5) is 10.1 Å². The molecule has 136 valence electrons. The fourth-order valence-electron chi connectivity index (χ4n) is 2.99. The minimum absolute atomic E-state index is 0.0767. The van der Waals surface area contributed by atoms with Gasteiger partial charge in [-0.15, -0.1) is 0 Å². The zero-order valence-electron chi connectivity index (χ0n) is 14.8. The van der Waals surface area contributed by atoms with Crippen LogP contribution in [0.25, 0.3) is 0 Å². The molecule has 1 aliphatic rings. The molecule has 0 aromatic heterocycles. The summed E-state index contributed by atoms with van der Waals surface area (Å²) in [5, 5.41) is 0. The van der Waals surface area contributed by atoms with Gasteiger partial charge >= 0.3 is 0 Å². The summed E-state index contributed by atoms with van der Waals surface area (Å²) in [6, 6.07) is 13.3. The maximum atomic E-state index is 13.4. The van der Waals surface area contributed by atoms with Gasteiger partial charge in [0.15, 0.2) is 6.10 Å². The second-order valence-corrected chi connectivity index (χ2v) is 6.19. The monoisotopic (exact) mass is 356 g/mol. The number of para-hydroxylation sites is 2. The molecule has 0 N–H and O–H groups in total. The van der Waals surface area contributed by atoms with Crippen LogP contribution in [0.2, 0.25) is 0 Å². The van der Waals surface area contributed by atoms with Gasteiger partial charge in [-0.25, -0.2) is 4.39 Å². The van der Waals surface area contributed by atoms with Crippen molar-refractivity contribution in [3.8, 4) is 5.75 Å². The number of rotatable bonds is 5. The Hall–Kier alpha value is -2.89. The van der Waals surface area contributed by atoms with Crippen LogP contribution >= 0.6 is 0 Å². The van der Waals surface area contributed by atoms with Crippen LogP contribution in [0.5, 0.6) is 5.75 Å². The van der Waals surface area contributed by atoms with E-state index in [2.05, 4.69) is 0 Å². The predicted molar refractivity (Wildman–Crippen MR) is 96.4 cm³/mol. The summed E-state index contributed by atoms with van der Waals surface area (Å²) in [5.74, 6) is -0.203. The second kappa shape index (κ2) is 7.56. The Morgan fingerprint density at radius 2 is 2.00 bits per heavy atom. The van der Waals surface area contributed by atoms with Crippen LogP contribution in [-0.4, -0.2) is 35.9 Å². The number of fused-ring (bicyclic) bond motifs is 1. The van der Waals surface area contributed by atoms with Crippen molar-refractivity contribution in [2.45, 2.75) is 26.5 Å². The molecule has 1 atom stereocenters. The van der Waals surface area contributed by atoms with Crippen molar-refractivity contribution in [2.24, 2.45) is 0 Å². The number of hydrogen-bond acceptors (Lipinski definition) is 3. The largest absolute Gasteiger partial charge is 0.479 e. The third kappa shape index (κ3) is 3.69. The van der Waals surface area contributed by atoms with Crippen LogP contribution < -0.4 is 9.64 Å². The molecule has 0 saturated heterocycles. The Kier molecular flexibility index (Phi) is 5.21. The quantitative estimate of drug-likeness (QED) is 0.828. The molecule has 0 saturated carbocycles. The lowest BCUT2D eigenvalue weighted by Gasteiger charge is -2.34. The zero-order chi connectivity index (χ0) is 18.7. The van der Waals surface area contributed by atoms with Crippen LogP contribution in [-0.2, 0) is 16.1 Å². The van der Waals surface area contributed by atoms with Crippen LogP contribution in [0, 0.1) is 5.82 Å². The lowest BCUT2D eigenvalue weighted by Crippen LogP contribution is -2.49. The Morgan fingerprint density at radius 1 is 1.23 bits per heavy atom. The number of likely N-dealkylation sites (N-methyl/N-ethyl adjacent to an activating group) is 1. The number of anilines is 1. The van der Waals surface area contributed by atoms with Gasteiger partial charge in [-0.1, -0.05) is 24.3 Å². The van der Waals surface area contributed by atoms with Crippen molar-refractivity contribution in [3.63, 3.8) is 0 Å². The first-order valence-corrected chi connectivity index (χ1v) is 8.59. The summed E-state index contributed by atoms with van der Waals surface area (Å²) >= 11 is 0. The SMILES string of the molecule is CCN(Cc1cccc(F)c1)C(=O)CN1C(=O)C(C)Oc2ccccc21. The summed E-state index contributed by atoms with van der Waals surface area (Å²) in [4.78, 5) is 28.4. The van der Waals surface area contributed by atoms with Crippen molar-refractivity contribution >= 4 is 17.5 Å². The van der Waals surface area contributed by atoms with Gasteiger partial charge in [0.05, 0.1) is 5.69 Å². The van der Waals surface area contributed by atoms with Gasteiger partial charge in [0.25, 0.3) is 5.91 Å². The van der Waals surface area contributed by atoms with E-state index in [1.807, 2.05) is 13.0 Å². The normalized spacial score (nSPS) is 16.0. The standard InChI is InChI=1S/C20H21FN2O3/c1-3-22(12-15-7-6-8-16(21)11-15)19(24)13-23-17-9-4-5-10-18(17)26-14(2)20(23)25/h4-11,14H,3,12-13H2,1-2H3. The van der Waals surface area contributed by atoms with Gasteiger partial charge in [-0.3, -0.25) is 14.5 Å². The minimum Gasteiger partial charge on any atom is -0.479 e. The fraction of sp³-hybridized carbons (Fsp3) is 0.300. The average molecular weight is 356 g/mol. The number of carbonyl (C=O) groups excluding carboxylic acids is 2. The van der Waals surface area contributed by atoms with Crippen molar-refractivity contribution in [2.75, 3.05) is 18.0 Å².